The summed E-state index contributed by atoms with van der Waals surface area (Å²) >= 11 is 7.27. The van der Waals surface area contributed by atoms with Crippen molar-refractivity contribution in [2.75, 3.05) is 10.6 Å². The Morgan fingerprint density at radius 3 is 2.72 bits per heavy atom. The van der Waals surface area contributed by atoms with Crippen molar-refractivity contribution in [3.05, 3.63) is 75.9 Å². The second kappa shape index (κ2) is 8.02. The van der Waals surface area contributed by atoms with E-state index >= 15 is 0 Å². The van der Waals surface area contributed by atoms with Crippen LogP contribution in [-0.2, 0) is 11.2 Å². The summed E-state index contributed by atoms with van der Waals surface area (Å²) in [5.41, 5.74) is 0.816. The molecule has 0 aliphatic carbocycles. The number of hydrogen-bond acceptors (Lipinski definition) is 4. The van der Waals surface area contributed by atoms with Gasteiger partial charge in [0.05, 0.1) is 11.8 Å². The molecule has 2 amide bonds. The number of nitrogens with zero attached hydrogens (tertiary/aromatic N) is 1. The number of amides is 2. The Balaban J connectivity index is 1.47. The number of carbonyl (C=O) groups is 2. The van der Waals surface area contributed by atoms with Crippen molar-refractivity contribution in [1.82, 2.24) is 10.2 Å². The smallest absolute Gasteiger partial charge is 0.256 e. The van der Waals surface area contributed by atoms with E-state index in [9.17, 15) is 14.0 Å². The molecule has 0 radical (unpaired) electrons. The minimum Gasteiger partial charge on any atom is -0.326 e. The lowest BCUT2D eigenvalue weighted by molar-refractivity contribution is -0.115. The van der Waals surface area contributed by atoms with Gasteiger partial charge in [0, 0.05) is 21.2 Å². The molecule has 0 fully saturated rings. The topological polar surface area (TPSA) is 86.9 Å². The number of benzene rings is 2. The first-order chi connectivity index (χ1) is 14.0. The predicted octanol–water partition coefficient (Wildman–Crippen LogP) is 4.85. The molecule has 0 spiro atoms. The highest BCUT2D eigenvalue weighted by molar-refractivity contribution is 7.18. The van der Waals surface area contributed by atoms with E-state index in [0.29, 0.717) is 26.7 Å². The Morgan fingerprint density at radius 2 is 1.93 bits per heavy atom. The number of halogens is 2. The van der Waals surface area contributed by atoms with Crippen LogP contribution in [0.3, 0.4) is 0 Å². The summed E-state index contributed by atoms with van der Waals surface area (Å²) in [5, 5.41) is 13.6. The second-order valence-corrected chi connectivity index (χ2v) is 7.78. The number of aromatic nitrogens is 2. The number of carbonyl (C=O) groups excluding carboxylic acids is 2. The molecule has 6 nitrogen and oxygen atoms in total. The quantitative estimate of drug-likeness (QED) is 0.424. The van der Waals surface area contributed by atoms with Crippen LogP contribution in [0, 0.1) is 5.82 Å². The molecule has 0 saturated carbocycles. The monoisotopic (exact) mass is 428 g/mol. The fourth-order valence-corrected chi connectivity index (χ4v) is 3.97. The molecule has 0 atom stereocenters. The average Bonchev–Trinajstić information content (AvgIpc) is 3.22. The van der Waals surface area contributed by atoms with Gasteiger partial charge in [0.25, 0.3) is 5.91 Å². The molecule has 9 heteroatoms. The number of thiophene rings is 1. The van der Waals surface area contributed by atoms with E-state index in [2.05, 4.69) is 20.8 Å². The Kier molecular flexibility index (Phi) is 5.28. The number of H-pyrrole nitrogens is 1. The summed E-state index contributed by atoms with van der Waals surface area (Å²) in [6, 6.07) is 14.1. The van der Waals surface area contributed by atoms with Crippen LogP contribution in [0.2, 0.25) is 5.02 Å². The van der Waals surface area contributed by atoms with Gasteiger partial charge in [-0.2, -0.15) is 5.10 Å². The second-order valence-electron chi connectivity index (χ2n) is 6.23. The SMILES string of the molecule is O=C(Cc1cc2c(NC(=O)c3cccc(F)c3)[nH]nc2s1)Nc1cccc(Cl)c1. The lowest BCUT2D eigenvalue weighted by atomic mass is 10.2. The molecule has 0 aliphatic rings. The lowest BCUT2D eigenvalue weighted by Crippen LogP contribution is -2.13. The lowest BCUT2D eigenvalue weighted by Gasteiger charge is -2.04. The first-order valence-electron chi connectivity index (χ1n) is 8.57. The maximum absolute atomic E-state index is 13.3. The van der Waals surface area contributed by atoms with E-state index in [1.54, 1.807) is 30.3 Å². The fraction of sp³-hybridized carbons (Fsp3) is 0.0500. The zero-order chi connectivity index (χ0) is 20.4. The normalized spacial score (nSPS) is 10.8. The third-order valence-corrected chi connectivity index (χ3v) is 5.33. The van der Waals surface area contributed by atoms with Gasteiger partial charge in [-0.15, -0.1) is 11.3 Å². The molecule has 2 aromatic carbocycles. The molecule has 0 saturated heterocycles. The van der Waals surface area contributed by atoms with E-state index < -0.39 is 11.7 Å². The van der Waals surface area contributed by atoms with Crippen LogP contribution in [-0.4, -0.2) is 22.0 Å². The standard InChI is InChI=1S/C20H14ClFN4O2S/c21-12-4-2-6-14(8-12)23-17(27)10-15-9-16-18(25-26-20(16)29-15)24-19(28)11-3-1-5-13(22)7-11/h1-9H,10H2,(H,23,27)(H2,24,25,26,28). The highest BCUT2D eigenvalue weighted by Gasteiger charge is 2.15. The summed E-state index contributed by atoms with van der Waals surface area (Å²) in [4.78, 5) is 26.1. The van der Waals surface area contributed by atoms with Crippen LogP contribution >= 0.6 is 22.9 Å². The van der Waals surface area contributed by atoms with Crippen LogP contribution in [0.1, 0.15) is 15.2 Å². The summed E-state index contributed by atoms with van der Waals surface area (Å²) in [6.07, 6.45) is 0.158. The first kappa shape index (κ1) is 19.1. The van der Waals surface area contributed by atoms with Gasteiger partial charge in [0.15, 0.2) is 0 Å². The van der Waals surface area contributed by atoms with Crippen molar-refractivity contribution in [1.29, 1.82) is 0 Å². The number of fused-ring (bicyclic) bond motifs is 1. The molecular formula is C20H14ClFN4O2S. The van der Waals surface area contributed by atoms with Crippen LogP contribution in [0.5, 0.6) is 0 Å². The third kappa shape index (κ3) is 4.44. The molecule has 4 aromatic rings. The number of aromatic amines is 1. The number of nitrogens with one attached hydrogen (secondary N) is 3. The van der Waals surface area contributed by atoms with E-state index in [1.807, 2.05) is 0 Å². The molecule has 0 unspecified atom stereocenters. The van der Waals surface area contributed by atoms with Crippen LogP contribution in [0.25, 0.3) is 10.2 Å². The number of hydrogen-bond donors (Lipinski definition) is 3. The maximum atomic E-state index is 13.3. The van der Waals surface area contributed by atoms with Crippen LogP contribution < -0.4 is 10.6 Å². The van der Waals surface area contributed by atoms with E-state index in [0.717, 1.165) is 10.9 Å². The van der Waals surface area contributed by atoms with Gasteiger partial charge in [-0.1, -0.05) is 23.7 Å². The van der Waals surface area contributed by atoms with Gasteiger partial charge in [-0.05, 0) is 42.5 Å². The van der Waals surface area contributed by atoms with Crippen molar-refractivity contribution in [2.24, 2.45) is 0 Å². The van der Waals surface area contributed by atoms with Crippen LogP contribution in [0.4, 0.5) is 15.9 Å². The first-order valence-corrected chi connectivity index (χ1v) is 9.76. The molecule has 146 valence electrons. The van der Waals surface area contributed by atoms with Crippen molar-refractivity contribution in [2.45, 2.75) is 6.42 Å². The highest BCUT2D eigenvalue weighted by Crippen LogP contribution is 2.30. The zero-order valence-corrected chi connectivity index (χ0v) is 16.4. The van der Waals surface area contributed by atoms with E-state index in [1.165, 1.54) is 29.5 Å². The summed E-state index contributed by atoms with van der Waals surface area (Å²) < 4.78 is 13.3. The van der Waals surface area contributed by atoms with Gasteiger partial charge in [0.2, 0.25) is 5.91 Å². The minimum absolute atomic E-state index is 0.158. The average molecular weight is 429 g/mol. The van der Waals surface area contributed by atoms with Crippen molar-refractivity contribution in [3.8, 4) is 0 Å². The zero-order valence-electron chi connectivity index (χ0n) is 14.8. The Hall–Kier alpha value is -3.23. The fourth-order valence-electron chi connectivity index (χ4n) is 2.79. The molecule has 3 N–H and O–H groups in total. The van der Waals surface area contributed by atoms with Gasteiger partial charge in [-0.3, -0.25) is 14.7 Å². The molecule has 2 heterocycles. The molecule has 29 heavy (non-hydrogen) atoms. The molecule has 0 bridgehead atoms. The summed E-state index contributed by atoms with van der Waals surface area (Å²) in [5.74, 6) is -0.741. The van der Waals surface area contributed by atoms with Crippen molar-refractivity contribution in [3.63, 3.8) is 0 Å². The molecule has 2 aromatic heterocycles. The summed E-state index contributed by atoms with van der Waals surface area (Å²) in [7, 11) is 0. The minimum atomic E-state index is -0.490. The largest absolute Gasteiger partial charge is 0.326 e. The van der Waals surface area contributed by atoms with Crippen molar-refractivity contribution >= 4 is 56.5 Å². The van der Waals surface area contributed by atoms with E-state index in [4.69, 9.17) is 11.6 Å². The Labute approximate surface area is 173 Å². The van der Waals surface area contributed by atoms with Crippen LogP contribution in [0.15, 0.2) is 54.6 Å². The number of rotatable bonds is 5. The third-order valence-electron chi connectivity index (χ3n) is 4.07. The van der Waals surface area contributed by atoms with Crippen molar-refractivity contribution < 1.29 is 14.0 Å². The van der Waals surface area contributed by atoms with Gasteiger partial charge in [0.1, 0.15) is 16.5 Å². The summed E-state index contributed by atoms with van der Waals surface area (Å²) in [6.45, 7) is 0. The highest BCUT2D eigenvalue weighted by atomic mass is 35.5. The molecule has 0 aliphatic heterocycles. The molecular weight excluding hydrogens is 415 g/mol. The number of anilines is 2. The Bertz CT molecular complexity index is 1220. The maximum Gasteiger partial charge on any atom is 0.256 e. The van der Waals surface area contributed by atoms with E-state index in [-0.39, 0.29) is 17.9 Å². The molecule has 4 rings (SSSR count). The van der Waals surface area contributed by atoms with Gasteiger partial charge < -0.3 is 10.6 Å². The predicted molar refractivity (Wildman–Crippen MR) is 112 cm³/mol. The van der Waals surface area contributed by atoms with Gasteiger partial charge >= 0.3 is 0 Å². The Morgan fingerprint density at radius 1 is 1.10 bits per heavy atom. The van der Waals surface area contributed by atoms with Gasteiger partial charge in [-0.25, -0.2) is 4.39 Å².